The minimum Gasteiger partial charge on any atom is -0.507 e. The normalized spacial score (nSPS) is 17.6. The molecule has 6 rings (SSSR count). The van der Waals surface area contributed by atoms with Crippen molar-refractivity contribution in [2.24, 2.45) is 0 Å². The summed E-state index contributed by atoms with van der Waals surface area (Å²) < 4.78 is 23.4. The number of fused-ring (bicyclic) bond motifs is 2. The maximum absolute atomic E-state index is 13.7. The minimum atomic E-state index is -0.970. The Morgan fingerprint density at radius 1 is 1.07 bits per heavy atom. The van der Waals surface area contributed by atoms with E-state index in [-0.39, 0.29) is 17.9 Å². The average Bonchev–Trinajstić information content (AvgIpc) is 3.53. The topological polar surface area (TPSA) is 107 Å². The van der Waals surface area contributed by atoms with Gasteiger partial charge in [0, 0.05) is 5.56 Å². The number of ether oxygens (including phenoxy) is 4. The molecule has 1 amide bonds. The number of aliphatic hydroxyl groups excluding tert-OH is 1. The molecule has 0 spiro atoms. The predicted octanol–water partition coefficient (Wildman–Crippen LogP) is 5.66. The minimum absolute atomic E-state index is 0.0678. The molecule has 1 atom stereocenters. The number of nitrogens with zero attached hydrogens (tertiary/aromatic N) is 2. The fraction of sp³-hybridized carbons (Fsp3) is 0.194. The molecule has 208 valence electrons. The van der Waals surface area contributed by atoms with E-state index in [4.69, 9.17) is 18.9 Å². The van der Waals surface area contributed by atoms with Crippen LogP contribution in [0.5, 0.6) is 23.0 Å². The standard InChI is InChI=1S/C31H26N2O7S/c1-3-12-38-20-7-5-6-18(15-20)27-26(28(34)19-8-11-23-24(16-19)40-14-13-39-23)29(35)30(36)33(27)31-32-22-10-9-21(37-4-2)17-25(22)41-31/h3,5-11,15-17,27,34H,1,4,12-14H2,2H3/t27-/m0/s1. The number of hydrogen-bond acceptors (Lipinski definition) is 9. The van der Waals surface area contributed by atoms with E-state index in [9.17, 15) is 14.7 Å². The molecule has 1 saturated heterocycles. The van der Waals surface area contributed by atoms with Crippen molar-refractivity contribution in [2.75, 3.05) is 31.3 Å². The number of aliphatic hydroxyl groups is 1. The summed E-state index contributed by atoms with van der Waals surface area (Å²) in [4.78, 5) is 33.3. The van der Waals surface area contributed by atoms with Crippen LogP contribution in [-0.2, 0) is 9.59 Å². The first kappa shape index (κ1) is 26.4. The second-order valence-electron chi connectivity index (χ2n) is 9.26. The van der Waals surface area contributed by atoms with Gasteiger partial charge in [-0.2, -0.15) is 0 Å². The van der Waals surface area contributed by atoms with Gasteiger partial charge in [-0.25, -0.2) is 4.98 Å². The van der Waals surface area contributed by atoms with Gasteiger partial charge in [0.1, 0.15) is 37.1 Å². The Bertz CT molecular complexity index is 1710. The third-order valence-corrected chi connectivity index (χ3v) is 7.68. The lowest BCUT2D eigenvalue weighted by Crippen LogP contribution is -2.29. The first-order valence-electron chi connectivity index (χ1n) is 13.1. The number of aromatic nitrogens is 1. The zero-order valence-electron chi connectivity index (χ0n) is 22.2. The number of thiazole rings is 1. The maximum Gasteiger partial charge on any atom is 0.301 e. The smallest absolute Gasteiger partial charge is 0.301 e. The zero-order chi connectivity index (χ0) is 28.5. The molecular weight excluding hydrogens is 544 g/mol. The van der Waals surface area contributed by atoms with Crippen molar-refractivity contribution in [1.29, 1.82) is 0 Å². The molecular formula is C31H26N2O7S. The molecule has 0 aliphatic carbocycles. The summed E-state index contributed by atoms with van der Waals surface area (Å²) in [5.74, 6) is 0.243. The molecule has 4 aromatic rings. The van der Waals surface area contributed by atoms with E-state index < -0.39 is 17.7 Å². The van der Waals surface area contributed by atoms with Gasteiger partial charge < -0.3 is 24.1 Å². The highest BCUT2D eigenvalue weighted by Crippen LogP contribution is 2.46. The molecule has 1 fully saturated rings. The molecule has 3 aromatic carbocycles. The second-order valence-corrected chi connectivity index (χ2v) is 10.3. The summed E-state index contributed by atoms with van der Waals surface area (Å²) in [6, 6.07) is 16.5. The van der Waals surface area contributed by atoms with E-state index in [1.165, 1.54) is 16.2 Å². The van der Waals surface area contributed by atoms with Crippen LogP contribution in [0.1, 0.15) is 24.1 Å². The summed E-state index contributed by atoms with van der Waals surface area (Å²) >= 11 is 1.26. The van der Waals surface area contributed by atoms with Crippen LogP contribution < -0.4 is 23.8 Å². The van der Waals surface area contributed by atoms with Gasteiger partial charge in [-0.05, 0) is 61.0 Å². The number of anilines is 1. The predicted molar refractivity (Wildman–Crippen MR) is 155 cm³/mol. The Kier molecular flexibility index (Phi) is 7.07. The number of ketones is 1. The molecule has 0 unspecified atom stereocenters. The van der Waals surface area contributed by atoms with E-state index in [1.807, 2.05) is 25.1 Å². The first-order valence-corrected chi connectivity index (χ1v) is 13.9. The fourth-order valence-electron chi connectivity index (χ4n) is 4.87. The average molecular weight is 571 g/mol. The highest BCUT2D eigenvalue weighted by molar-refractivity contribution is 7.22. The van der Waals surface area contributed by atoms with Gasteiger partial charge in [-0.3, -0.25) is 14.5 Å². The van der Waals surface area contributed by atoms with Gasteiger partial charge in [0.15, 0.2) is 16.6 Å². The third kappa shape index (κ3) is 4.87. The third-order valence-electron chi connectivity index (χ3n) is 6.67. The number of Topliss-reactive ketones (excluding diaryl/α,β-unsaturated/α-hetero) is 1. The van der Waals surface area contributed by atoms with Crippen molar-refractivity contribution >= 4 is 44.1 Å². The number of benzene rings is 3. The molecule has 9 nitrogen and oxygen atoms in total. The van der Waals surface area contributed by atoms with Crippen LogP contribution >= 0.6 is 11.3 Å². The number of carbonyl (C=O) groups excluding carboxylic acids is 2. The maximum atomic E-state index is 13.7. The van der Waals surface area contributed by atoms with Crippen molar-refractivity contribution in [3.05, 3.63) is 90.0 Å². The van der Waals surface area contributed by atoms with Crippen molar-refractivity contribution in [3.63, 3.8) is 0 Å². The molecule has 0 saturated carbocycles. The Hall–Kier alpha value is -4.83. The van der Waals surface area contributed by atoms with Gasteiger partial charge >= 0.3 is 5.91 Å². The number of amides is 1. The van der Waals surface area contributed by atoms with E-state index >= 15 is 0 Å². The molecule has 1 aromatic heterocycles. The fourth-order valence-corrected chi connectivity index (χ4v) is 5.89. The van der Waals surface area contributed by atoms with Gasteiger partial charge in [0.05, 0.1) is 28.4 Å². The van der Waals surface area contributed by atoms with Gasteiger partial charge in [0.25, 0.3) is 5.78 Å². The highest BCUT2D eigenvalue weighted by Gasteiger charge is 2.48. The van der Waals surface area contributed by atoms with Crippen LogP contribution in [0, 0.1) is 0 Å². The van der Waals surface area contributed by atoms with E-state index in [0.717, 1.165) is 4.70 Å². The van der Waals surface area contributed by atoms with Crippen molar-refractivity contribution in [1.82, 2.24) is 4.98 Å². The SMILES string of the molecule is C=CCOc1cccc([C@H]2C(=C(O)c3ccc4c(c3)OCCO4)C(=O)C(=O)N2c2nc3ccc(OCC)cc3s2)c1. The van der Waals surface area contributed by atoms with Gasteiger partial charge in [0.2, 0.25) is 0 Å². The summed E-state index contributed by atoms with van der Waals surface area (Å²) in [6.45, 7) is 7.16. The van der Waals surface area contributed by atoms with Crippen LogP contribution in [0.4, 0.5) is 5.13 Å². The molecule has 10 heteroatoms. The lowest BCUT2D eigenvalue weighted by Gasteiger charge is -2.23. The number of rotatable bonds is 8. The molecule has 1 N–H and O–H groups in total. The molecule has 0 radical (unpaired) electrons. The lowest BCUT2D eigenvalue weighted by atomic mass is 9.95. The van der Waals surface area contributed by atoms with Crippen LogP contribution in [0.2, 0.25) is 0 Å². The molecule has 41 heavy (non-hydrogen) atoms. The van der Waals surface area contributed by atoms with Crippen LogP contribution in [0.25, 0.3) is 16.0 Å². The van der Waals surface area contributed by atoms with Gasteiger partial charge in [-0.15, -0.1) is 0 Å². The number of hydrogen-bond donors (Lipinski definition) is 1. The van der Waals surface area contributed by atoms with Gasteiger partial charge in [-0.1, -0.05) is 36.1 Å². The van der Waals surface area contributed by atoms with Crippen LogP contribution in [-0.4, -0.2) is 48.2 Å². The summed E-state index contributed by atoms with van der Waals surface area (Å²) in [6.07, 6.45) is 1.62. The molecule has 3 heterocycles. The van der Waals surface area contributed by atoms with Crippen molar-refractivity contribution in [2.45, 2.75) is 13.0 Å². The Morgan fingerprint density at radius 2 is 1.88 bits per heavy atom. The largest absolute Gasteiger partial charge is 0.507 e. The van der Waals surface area contributed by atoms with E-state index in [0.29, 0.717) is 64.6 Å². The van der Waals surface area contributed by atoms with E-state index in [2.05, 4.69) is 11.6 Å². The summed E-state index contributed by atoms with van der Waals surface area (Å²) in [5, 5.41) is 11.9. The molecule has 2 aliphatic heterocycles. The van der Waals surface area contributed by atoms with E-state index in [1.54, 1.807) is 48.5 Å². The quantitative estimate of drug-likeness (QED) is 0.125. The zero-order valence-corrected chi connectivity index (χ0v) is 23.0. The summed E-state index contributed by atoms with van der Waals surface area (Å²) in [5.41, 5.74) is 1.48. The monoisotopic (exact) mass is 570 g/mol. The lowest BCUT2D eigenvalue weighted by molar-refractivity contribution is -0.132. The Labute approximate surface area is 239 Å². The first-order chi connectivity index (χ1) is 20.0. The summed E-state index contributed by atoms with van der Waals surface area (Å²) in [7, 11) is 0. The second kappa shape index (κ2) is 11.0. The van der Waals surface area contributed by atoms with Crippen molar-refractivity contribution < 1.29 is 33.6 Å². The number of carbonyl (C=O) groups is 2. The Morgan fingerprint density at radius 3 is 2.68 bits per heavy atom. The molecule has 2 aliphatic rings. The Balaban J connectivity index is 1.51. The van der Waals surface area contributed by atoms with Crippen LogP contribution in [0.15, 0.2) is 78.9 Å². The molecule has 0 bridgehead atoms. The van der Waals surface area contributed by atoms with Crippen LogP contribution in [0.3, 0.4) is 0 Å². The van der Waals surface area contributed by atoms with Crippen molar-refractivity contribution in [3.8, 4) is 23.0 Å². The highest BCUT2D eigenvalue weighted by atomic mass is 32.1.